The van der Waals surface area contributed by atoms with Gasteiger partial charge in [-0.05, 0) is 41.2 Å². The minimum absolute atomic E-state index is 0.0448. The zero-order valence-electron chi connectivity index (χ0n) is 17.6. The fourth-order valence-electron chi connectivity index (χ4n) is 2.77. The molecule has 0 unspecified atom stereocenters. The van der Waals surface area contributed by atoms with E-state index in [-0.39, 0.29) is 23.4 Å². The van der Waals surface area contributed by atoms with Crippen LogP contribution in [0.25, 0.3) is 0 Å². The van der Waals surface area contributed by atoms with E-state index in [0.717, 1.165) is 17.7 Å². The van der Waals surface area contributed by atoms with E-state index in [9.17, 15) is 4.79 Å². The standard InChI is InChI=1S/C22H36O3/c1-10-24-19(23)14-25-20-16(11-15(2)3)12-17(21(4,5)6)13-18(20)22(7,8)9/h12-13,15H,10-11,14H2,1-9H3. The van der Waals surface area contributed by atoms with Crippen LogP contribution in [0.3, 0.4) is 0 Å². The topological polar surface area (TPSA) is 35.5 Å². The first-order valence-corrected chi connectivity index (χ1v) is 9.32. The van der Waals surface area contributed by atoms with Gasteiger partial charge in [0.05, 0.1) is 6.61 Å². The summed E-state index contributed by atoms with van der Waals surface area (Å²) in [5.41, 5.74) is 3.62. The van der Waals surface area contributed by atoms with E-state index in [1.54, 1.807) is 6.92 Å². The molecule has 0 saturated carbocycles. The lowest BCUT2D eigenvalue weighted by Crippen LogP contribution is -2.22. The monoisotopic (exact) mass is 348 g/mol. The molecule has 3 nitrogen and oxygen atoms in total. The third kappa shape index (κ3) is 6.37. The molecule has 0 saturated heterocycles. The average molecular weight is 349 g/mol. The van der Waals surface area contributed by atoms with Crippen LogP contribution in [-0.2, 0) is 26.8 Å². The van der Waals surface area contributed by atoms with Crippen molar-refractivity contribution in [3.05, 3.63) is 28.8 Å². The van der Waals surface area contributed by atoms with Gasteiger partial charge in [-0.3, -0.25) is 0 Å². The van der Waals surface area contributed by atoms with Gasteiger partial charge in [0.15, 0.2) is 6.61 Å². The van der Waals surface area contributed by atoms with Gasteiger partial charge in [0.2, 0.25) is 0 Å². The Morgan fingerprint density at radius 2 is 1.64 bits per heavy atom. The van der Waals surface area contributed by atoms with Crippen LogP contribution < -0.4 is 4.74 Å². The number of hydrogen-bond donors (Lipinski definition) is 0. The highest BCUT2D eigenvalue weighted by Gasteiger charge is 2.26. The Morgan fingerprint density at radius 3 is 2.08 bits per heavy atom. The van der Waals surface area contributed by atoms with Crippen LogP contribution in [0.4, 0.5) is 0 Å². The van der Waals surface area contributed by atoms with Crippen molar-refractivity contribution < 1.29 is 14.3 Å². The van der Waals surface area contributed by atoms with E-state index in [2.05, 4.69) is 67.5 Å². The number of rotatable bonds is 6. The van der Waals surface area contributed by atoms with E-state index in [0.29, 0.717) is 12.5 Å². The lowest BCUT2D eigenvalue weighted by atomic mass is 9.78. The molecule has 0 aromatic heterocycles. The summed E-state index contributed by atoms with van der Waals surface area (Å²) in [4.78, 5) is 11.8. The Kier molecular flexibility index (Phi) is 7.10. The average Bonchev–Trinajstić information content (AvgIpc) is 2.42. The maximum absolute atomic E-state index is 11.8. The van der Waals surface area contributed by atoms with E-state index in [1.165, 1.54) is 11.1 Å². The van der Waals surface area contributed by atoms with Gasteiger partial charge in [0.25, 0.3) is 0 Å². The molecular weight excluding hydrogens is 312 g/mol. The van der Waals surface area contributed by atoms with Gasteiger partial charge in [-0.15, -0.1) is 0 Å². The molecule has 0 spiro atoms. The Morgan fingerprint density at radius 1 is 1.04 bits per heavy atom. The third-order valence-electron chi connectivity index (χ3n) is 4.11. The maximum Gasteiger partial charge on any atom is 0.344 e. The second-order valence-electron chi connectivity index (χ2n) is 9.20. The highest BCUT2D eigenvalue weighted by Crippen LogP contribution is 2.39. The molecular formula is C22H36O3. The molecule has 1 aromatic carbocycles. The van der Waals surface area contributed by atoms with E-state index < -0.39 is 0 Å². The smallest absolute Gasteiger partial charge is 0.344 e. The maximum atomic E-state index is 11.8. The molecule has 142 valence electrons. The first kappa shape index (κ1) is 21.5. The van der Waals surface area contributed by atoms with Gasteiger partial charge >= 0.3 is 5.97 Å². The van der Waals surface area contributed by atoms with Crippen LogP contribution in [0, 0.1) is 5.92 Å². The summed E-state index contributed by atoms with van der Waals surface area (Å²) in [6.07, 6.45) is 0.922. The molecule has 25 heavy (non-hydrogen) atoms. The van der Waals surface area contributed by atoms with Crippen molar-refractivity contribution in [1.82, 2.24) is 0 Å². The van der Waals surface area contributed by atoms with Crippen LogP contribution in [-0.4, -0.2) is 19.2 Å². The van der Waals surface area contributed by atoms with Gasteiger partial charge in [-0.2, -0.15) is 0 Å². The van der Waals surface area contributed by atoms with Gasteiger partial charge in [0, 0.05) is 5.56 Å². The number of ether oxygens (including phenoxy) is 2. The van der Waals surface area contributed by atoms with E-state index >= 15 is 0 Å². The summed E-state index contributed by atoms with van der Waals surface area (Å²) in [6.45, 7) is 19.8. The Bertz CT molecular complexity index is 587. The van der Waals surface area contributed by atoms with Crippen molar-refractivity contribution >= 4 is 5.97 Å². The molecule has 0 heterocycles. The van der Waals surface area contributed by atoms with Crippen LogP contribution in [0.15, 0.2) is 12.1 Å². The van der Waals surface area contributed by atoms with Crippen molar-refractivity contribution in [2.45, 2.75) is 79.6 Å². The zero-order chi connectivity index (χ0) is 19.4. The van der Waals surface area contributed by atoms with Crippen molar-refractivity contribution in [2.75, 3.05) is 13.2 Å². The van der Waals surface area contributed by atoms with Crippen LogP contribution in [0.5, 0.6) is 5.75 Å². The number of esters is 1. The van der Waals surface area contributed by atoms with Crippen molar-refractivity contribution in [1.29, 1.82) is 0 Å². The van der Waals surface area contributed by atoms with Crippen LogP contribution >= 0.6 is 0 Å². The normalized spacial score (nSPS) is 12.4. The van der Waals surface area contributed by atoms with Crippen molar-refractivity contribution in [2.24, 2.45) is 5.92 Å². The summed E-state index contributed by atoms with van der Waals surface area (Å²) in [7, 11) is 0. The molecule has 3 heteroatoms. The SMILES string of the molecule is CCOC(=O)COc1c(CC(C)C)cc(C(C)(C)C)cc1C(C)(C)C. The second kappa shape index (κ2) is 8.25. The van der Waals surface area contributed by atoms with Gasteiger partial charge in [0.1, 0.15) is 5.75 Å². The van der Waals surface area contributed by atoms with Gasteiger partial charge < -0.3 is 9.47 Å². The quantitative estimate of drug-likeness (QED) is 0.644. The third-order valence-corrected chi connectivity index (χ3v) is 4.11. The molecule has 0 atom stereocenters. The van der Waals surface area contributed by atoms with Crippen LogP contribution in [0.1, 0.15) is 79.0 Å². The first-order valence-electron chi connectivity index (χ1n) is 9.32. The lowest BCUT2D eigenvalue weighted by Gasteiger charge is -2.29. The number of benzene rings is 1. The summed E-state index contributed by atoms with van der Waals surface area (Å²) in [6, 6.07) is 4.49. The molecule has 0 aliphatic carbocycles. The zero-order valence-corrected chi connectivity index (χ0v) is 17.6. The highest BCUT2D eigenvalue weighted by atomic mass is 16.6. The molecule has 0 radical (unpaired) electrons. The predicted octanol–water partition coefficient (Wildman–Crippen LogP) is 5.42. The second-order valence-corrected chi connectivity index (χ2v) is 9.20. The van der Waals surface area contributed by atoms with Crippen molar-refractivity contribution in [3.8, 4) is 5.75 Å². The minimum Gasteiger partial charge on any atom is -0.481 e. The number of carbonyl (C=O) groups excluding carboxylic acids is 1. The summed E-state index contributed by atoms with van der Waals surface area (Å²) >= 11 is 0. The molecule has 0 bridgehead atoms. The predicted molar refractivity (Wildman–Crippen MR) is 105 cm³/mol. The Balaban J connectivity index is 3.44. The Labute approximate surface area is 154 Å². The largest absolute Gasteiger partial charge is 0.481 e. The number of carbonyl (C=O) groups is 1. The molecule has 0 amide bonds. The first-order chi connectivity index (χ1) is 11.4. The molecule has 0 N–H and O–H groups in total. The fraction of sp³-hybridized carbons (Fsp3) is 0.682. The minimum atomic E-state index is -0.322. The Hall–Kier alpha value is -1.51. The molecule has 0 aliphatic heterocycles. The summed E-state index contributed by atoms with van der Waals surface area (Å²) < 4.78 is 11.0. The van der Waals surface area contributed by atoms with Crippen LogP contribution in [0.2, 0.25) is 0 Å². The van der Waals surface area contributed by atoms with E-state index in [4.69, 9.17) is 9.47 Å². The molecule has 1 aromatic rings. The number of hydrogen-bond acceptors (Lipinski definition) is 3. The molecule has 0 fully saturated rings. The fourth-order valence-corrected chi connectivity index (χ4v) is 2.77. The molecule has 0 aliphatic rings. The van der Waals surface area contributed by atoms with Gasteiger partial charge in [-0.25, -0.2) is 4.79 Å². The molecule has 1 rings (SSSR count). The van der Waals surface area contributed by atoms with E-state index in [1.807, 2.05) is 0 Å². The van der Waals surface area contributed by atoms with Crippen molar-refractivity contribution in [3.63, 3.8) is 0 Å². The summed E-state index contributed by atoms with van der Waals surface area (Å²) in [5.74, 6) is 1.04. The van der Waals surface area contributed by atoms with Gasteiger partial charge in [-0.1, -0.05) is 67.5 Å². The summed E-state index contributed by atoms with van der Waals surface area (Å²) in [5, 5.41) is 0. The highest BCUT2D eigenvalue weighted by molar-refractivity contribution is 5.71. The lowest BCUT2D eigenvalue weighted by molar-refractivity contribution is -0.145.